The fourth-order valence-electron chi connectivity index (χ4n) is 3.39. The summed E-state index contributed by atoms with van der Waals surface area (Å²) in [7, 11) is 0. The van der Waals surface area contributed by atoms with E-state index in [1.165, 1.54) is 29.7 Å². The molecule has 1 aromatic carbocycles. The van der Waals surface area contributed by atoms with Crippen LogP contribution in [0.2, 0.25) is 5.02 Å². The Morgan fingerprint density at radius 1 is 1.32 bits per heavy atom. The van der Waals surface area contributed by atoms with Gasteiger partial charge in [0.05, 0.1) is 22.3 Å². The maximum atomic E-state index is 14.2. The number of halogens is 3. The van der Waals surface area contributed by atoms with Gasteiger partial charge < -0.3 is 5.32 Å². The molecule has 2 heterocycles. The van der Waals surface area contributed by atoms with Crippen molar-refractivity contribution in [2.45, 2.75) is 24.4 Å². The van der Waals surface area contributed by atoms with Gasteiger partial charge in [-0.15, -0.1) is 10.2 Å². The topological polar surface area (TPSA) is 74.5 Å². The third kappa shape index (κ3) is 3.43. The first-order valence-corrected chi connectivity index (χ1v) is 9.73. The predicted molar refractivity (Wildman–Crippen MR) is 104 cm³/mol. The van der Waals surface area contributed by atoms with Gasteiger partial charge in [0.2, 0.25) is 5.13 Å². The lowest BCUT2D eigenvalue weighted by Gasteiger charge is -2.43. The Morgan fingerprint density at radius 2 is 2.14 bits per heavy atom. The maximum absolute atomic E-state index is 14.2. The highest BCUT2D eigenvalue weighted by molar-refractivity contribution is 7.18. The van der Waals surface area contributed by atoms with Crippen molar-refractivity contribution in [2.75, 3.05) is 11.9 Å². The Balaban J connectivity index is 1.55. The van der Waals surface area contributed by atoms with Gasteiger partial charge in [0, 0.05) is 23.7 Å². The molecule has 0 atom stereocenters. The molecule has 2 aromatic heterocycles. The average molecular weight is 418 g/mol. The molecule has 1 aliphatic carbocycles. The lowest BCUT2D eigenvalue weighted by atomic mass is 9.65. The van der Waals surface area contributed by atoms with Crippen molar-refractivity contribution in [3.05, 3.63) is 58.6 Å². The molecule has 1 N–H and O–H groups in total. The quantitative estimate of drug-likeness (QED) is 0.648. The Bertz CT molecular complexity index is 1060. The molecule has 0 bridgehead atoms. The van der Waals surface area contributed by atoms with Gasteiger partial charge in [0.15, 0.2) is 5.01 Å². The van der Waals surface area contributed by atoms with E-state index in [2.05, 4.69) is 26.6 Å². The highest BCUT2D eigenvalue weighted by atomic mass is 35.5. The summed E-state index contributed by atoms with van der Waals surface area (Å²) in [5, 5.41) is 21.9. The number of nitriles is 1. The van der Waals surface area contributed by atoms with Crippen LogP contribution in [0.5, 0.6) is 0 Å². The van der Waals surface area contributed by atoms with Gasteiger partial charge in [-0.05, 0) is 43.2 Å². The fourth-order valence-corrected chi connectivity index (χ4v) is 4.43. The van der Waals surface area contributed by atoms with Gasteiger partial charge in [-0.3, -0.25) is 4.98 Å². The fraction of sp³-hybridized carbons (Fsp3) is 0.263. The molecule has 5 nitrogen and oxygen atoms in total. The SMILES string of the molecule is N#Cc1ccc(Cl)c(-c2nnc(NC[C@]3(c4ncccc4F)C[C@@H](F)C3)s2)c1. The number of benzene rings is 1. The van der Waals surface area contributed by atoms with E-state index in [0.717, 1.165) is 0 Å². The molecule has 4 rings (SSSR count). The summed E-state index contributed by atoms with van der Waals surface area (Å²) in [5.74, 6) is -0.436. The average Bonchev–Trinajstić information content (AvgIpc) is 3.14. The molecule has 28 heavy (non-hydrogen) atoms. The molecule has 0 radical (unpaired) electrons. The second kappa shape index (κ2) is 7.41. The Kier molecular flexibility index (Phi) is 4.96. The van der Waals surface area contributed by atoms with Crippen LogP contribution in [-0.2, 0) is 5.41 Å². The number of hydrogen-bond acceptors (Lipinski definition) is 6. The van der Waals surface area contributed by atoms with Crippen molar-refractivity contribution in [2.24, 2.45) is 0 Å². The largest absolute Gasteiger partial charge is 0.359 e. The van der Waals surface area contributed by atoms with Crippen LogP contribution in [0, 0.1) is 17.1 Å². The summed E-state index contributed by atoms with van der Waals surface area (Å²) in [4.78, 5) is 4.14. The number of nitrogens with zero attached hydrogens (tertiary/aromatic N) is 4. The number of aromatic nitrogens is 3. The minimum atomic E-state index is -0.972. The van der Waals surface area contributed by atoms with Gasteiger partial charge in [-0.1, -0.05) is 22.9 Å². The maximum Gasteiger partial charge on any atom is 0.206 e. The van der Waals surface area contributed by atoms with Crippen LogP contribution in [0.4, 0.5) is 13.9 Å². The summed E-state index contributed by atoms with van der Waals surface area (Å²) in [6.45, 7) is 0.294. The number of rotatable bonds is 5. The van der Waals surface area contributed by atoms with Crippen molar-refractivity contribution >= 4 is 28.1 Å². The third-order valence-electron chi connectivity index (χ3n) is 4.81. The van der Waals surface area contributed by atoms with Crippen LogP contribution in [0.1, 0.15) is 24.1 Å². The molecule has 9 heteroatoms. The number of pyridine rings is 1. The number of alkyl halides is 1. The normalized spacial score (nSPS) is 21.0. The van der Waals surface area contributed by atoms with E-state index in [0.29, 0.717) is 32.8 Å². The molecular weight excluding hydrogens is 404 g/mol. The van der Waals surface area contributed by atoms with Gasteiger partial charge in [-0.2, -0.15) is 5.26 Å². The Morgan fingerprint density at radius 3 is 2.86 bits per heavy atom. The molecule has 0 spiro atoms. The van der Waals surface area contributed by atoms with Crippen molar-refractivity contribution in [3.63, 3.8) is 0 Å². The summed E-state index contributed by atoms with van der Waals surface area (Å²) >= 11 is 7.47. The zero-order valence-corrected chi connectivity index (χ0v) is 16.1. The molecule has 0 saturated heterocycles. The van der Waals surface area contributed by atoms with E-state index >= 15 is 0 Å². The Hall–Kier alpha value is -2.63. The van der Waals surface area contributed by atoms with Crippen molar-refractivity contribution < 1.29 is 8.78 Å². The molecule has 0 aliphatic heterocycles. The van der Waals surface area contributed by atoms with Gasteiger partial charge in [0.1, 0.15) is 12.0 Å². The first-order valence-electron chi connectivity index (χ1n) is 8.53. The molecule has 1 aliphatic rings. The smallest absolute Gasteiger partial charge is 0.206 e. The van der Waals surface area contributed by atoms with Crippen molar-refractivity contribution in [1.82, 2.24) is 15.2 Å². The summed E-state index contributed by atoms with van der Waals surface area (Å²) in [6.07, 6.45) is 0.949. The number of anilines is 1. The molecular formula is C19H14ClF2N5S. The van der Waals surface area contributed by atoms with E-state index in [1.807, 2.05) is 0 Å². The van der Waals surface area contributed by atoms with Gasteiger partial charge in [0.25, 0.3) is 0 Å². The zero-order chi connectivity index (χ0) is 19.7. The molecule has 0 amide bonds. The van der Waals surface area contributed by atoms with Gasteiger partial charge in [-0.25, -0.2) is 8.78 Å². The van der Waals surface area contributed by atoms with Crippen LogP contribution in [-0.4, -0.2) is 27.9 Å². The summed E-state index contributed by atoms with van der Waals surface area (Å²) < 4.78 is 27.9. The lowest BCUT2D eigenvalue weighted by molar-refractivity contribution is 0.0965. The molecule has 0 unspecified atom stereocenters. The molecule has 1 fully saturated rings. The van der Waals surface area contributed by atoms with Crippen LogP contribution in [0.25, 0.3) is 10.6 Å². The third-order valence-corrected chi connectivity index (χ3v) is 6.06. The van der Waals surface area contributed by atoms with Crippen LogP contribution < -0.4 is 5.32 Å². The van der Waals surface area contributed by atoms with E-state index < -0.39 is 17.4 Å². The highest BCUT2D eigenvalue weighted by Gasteiger charge is 2.48. The van der Waals surface area contributed by atoms with Crippen LogP contribution in [0.15, 0.2) is 36.5 Å². The monoisotopic (exact) mass is 417 g/mol. The second-order valence-corrected chi connectivity index (χ2v) is 8.08. The number of nitrogens with one attached hydrogen (secondary N) is 1. The summed E-state index contributed by atoms with van der Waals surface area (Å²) in [6, 6.07) is 9.83. The molecule has 142 valence electrons. The van der Waals surface area contributed by atoms with E-state index in [1.54, 1.807) is 18.2 Å². The minimum Gasteiger partial charge on any atom is -0.359 e. The van der Waals surface area contributed by atoms with Gasteiger partial charge >= 0.3 is 0 Å². The molecule has 3 aromatic rings. The van der Waals surface area contributed by atoms with E-state index in [9.17, 15) is 8.78 Å². The minimum absolute atomic E-state index is 0.204. The lowest BCUT2D eigenvalue weighted by Crippen LogP contribution is -2.48. The first-order chi connectivity index (χ1) is 13.5. The molecule has 1 saturated carbocycles. The second-order valence-electron chi connectivity index (χ2n) is 6.69. The van der Waals surface area contributed by atoms with Crippen molar-refractivity contribution in [3.8, 4) is 16.6 Å². The van der Waals surface area contributed by atoms with Crippen molar-refractivity contribution in [1.29, 1.82) is 5.26 Å². The van der Waals surface area contributed by atoms with Crippen LogP contribution >= 0.6 is 22.9 Å². The van der Waals surface area contributed by atoms with Crippen LogP contribution in [0.3, 0.4) is 0 Å². The first kappa shape index (κ1) is 18.7. The highest BCUT2D eigenvalue weighted by Crippen LogP contribution is 2.46. The van der Waals surface area contributed by atoms with E-state index in [4.69, 9.17) is 16.9 Å². The zero-order valence-electron chi connectivity index (χ0n) is 14.5. The Labute approximate surface area is 169 Å². The standard InChI is InChI=1S/C19H14ClF2N5S/c20-14-4-3-11(9-23)6-13(14)17-26-27-18(28-17)25-10-19(7-12(21)8-19)16-15(22)2-1-5-24-16/h1-6,12H,7-8,10H2,(H,25,27)/t12-,19+. The summed E-state index contributed by atoms with van der Waals surface area (Å²) in [5.41, 5.74) is 0.641. The van der Waals surface area contributed by atoms with E-state index in [-0.39, 0.29) is 18.5 Å². The number of hydrogen-bond donors (Lipinski definition) is 1. The predicted octanol–water partition coefficient (Wildman–Crippen LogP) is 4.75.